The summed E-state index contributed by atoms with van der Waals surface area (Å²) >= 11 is 0. The van der Waals surface area contributed by atoms with Crippen LogP contribution < -0.4 is 0 Å². The number of rotatable bonds is 9. The SMILES string of the molecule is CC1(C)CC(OCC2CO2)CC(C)(C)N1CCSSSN1C(C)(C)CCCC1(C)C. The molecule has 1 atom stereocenters. The maximum atomic E-state index is 6.21. The Bertz CT molecular complexity index is 545. The summed E-state index contributed by atoms with van der Waals surface area (Å²) < 4.78 is 14.2. The van der Waals surface area contributed by atoms with Gasteiger partial charge < -0.3 is 9.47 Å². The molecule has 4 nitrogen and oxygen atoms in total. The van der Waals surface area contributed by atoms with Crippen molar-refractivity contribution < 1.29 is 9.47 Å². The summed E-state index contributed by atoms with van der Waals surface area (Å²) in [7, 11) is 5.96. The largest absolute Gasteiger partial charge is 0.375 e. The number of nitrogens with zero attached hydrogens (tertiary/aromatic N) is 2. The van der Waals surface area contributed by atoms with Gasteiger partial charge in [0.2, 0.25) is 0 Å². The zero-order valence-corrected chi connectivity index (χ0v) is 22.9. The normalized spacial score (nSPS) is 31.0. The molecule has 0 bridgehead atoms. The van der Waals surface area contributed by atoms with Gasteiger partial charge in [-0.3, -0.25) is 4.90 Å². The van der Waals surface area contributed by atoms with Crippen LogP contribution >= 0.6 is 31.6 Å². The Morgan fingerprint density at radius 1 is 0.900 bits per heavy atom. The van der Waals surface area contributed by atoms with Crippen LogP contribution in [-0.4, -0.2) is 69.1 Å². The minimum Gasteiger partial charge on any atom is -0.375 e. The highest BCUT2D eigenvalue weighted by Crippen LogP contribution is 2.50. The molecule has 3 saturated heterocycles. The van der Waals surface area contributed by atoms with E-state index in [0.717, 1.165) is 38.4 Å². The van der Waals surface area contributed by atoms with Crippen molar-refractivity contribution >= 4 is 31.6 Å². The molecule has 0 aromatic carbocycles. The standard InChI is InChI=1S/C23H44N2O2S3/c1-20(2)10-9-11-21(3,4)25(20)29-30-28-13-12-24-22(5,6)14-18(15-23(24,7)8)26-16-19-17-27-19/h18-19H,9-17H2,1-8H3. The van der Waals surface area contributed by atoms with E-state index in [4.69, 9.17) is 9.47 Å². The Morgan fingerprint density at radius 3 is 2.00 bits per heavy atom. The third kappa shape index (κ3) is 6.48. The molecule has 0 aromatic heterocycles. The van der Waals surface area contributed by atoms with Crippen LogP contribution in [0.25, 0.3) is 0 Å². The summed E-state index contributed by atoms with van der Waals surface area (Å²) in [5.41, 5.74) is 0.868. The van der Waals surface area contributed by atoms with Crippen LogP contribution in [0, 0.1) is 0 Å². The second-order valence-electron chi connectivity index (χ2n) is 11.8. The maximum absolute atomic E-state index is 6.21. The van der Waals surface area contributed by atoms with Crippen LogP contribution in [0.2, 0.25) is 0 Å². The number of epoxide rings is 1. The quantitative estimate of drug-likeness (QED) is 0.164. The van der Waals surface area contributed by atoms with Gasteiger partial charge in [-0.1, -0.05) is 10.8 Å². The van der Waals surface area contributed by atoms with Crippen molar-refractivity contribution in [1.29, 1.82) is 0 Å². The van der Waals surface area contributed by atoms with Gasteiger partial charge in [-0.15, -0.1) is 0 Å². The molecule has 0 aromatic rings. The van der Waals surface area contributed by atoms with Crippen molar-refractivity contribution in [2.75, 3.05) is 25.5 Å². The van der Waals surface area contributed by atoms with E-state index < -0.39 is 0 Å². The van der Waals surface area contributed by atoms with Crippen LogP contribution in [0.4, 0.5) is 0 Å². The average Bonchev–Trinajstić information content (AvgIpc) is 3.39. The molecular formula is C23H44N2O2S3. The lowest BCUT2D eigenvalue weighted by Gasteiger charge is -2.55. The smallest absolute Gasteiger partial charge is 0.104 e. The van der Waals surface area contributed by atoms with Crippen molar-refractivity contribution in [3.8, 4) is 0 Å². The second kappa shape index (κ2) is 9.63. The molecule has 7 heteroatoms. The topological polar surface area (TPSA) is 28.2 Å². The fourth-order valence-electron chi connectivity index (χ4n) is 5.75. The Hall–Kier alpha value is 0.890. The first-order chi connectivity index (χ1) is 13.8. The van der Waals surface area contributed by atoms with E-state index in [1.807, 2.05) is 31.6 Å². The molecule has 3 fully saturated rings. The van der Waals surface area contributed by atoms with E-state index in [1.165, 1.54) is 19.3 Å². The van der Waals surface area contributed by atoms with E-state index >= 15 is 0 Å². The zero-order chi connectivity index (χ0) is 22.2. The second-order valence-corrected chi connectivity index (χ2v) is 15.9. The average molecular weight is 477 g/mol. The van der Waals surface area contributed by atoms with E-state index in [1.54, 1.807) is 0 Å². The summed E-state index contributed by atoms with van der Waals surface area (Å²) in [6.07, 6.45) is 6.83. The van der Waals surface area contributed by atoms with Gasteiger partial charge in [0.05, 0.1) is 19.3 Å². The molecule has 0 spiro atoms. The van der Waals surface area contributed by atoms with E-state index in [2.05, 4.69) is 64.6 Å². The third-order valence-electron chi connectivity index (χ3n) is 7.06. The predicted octanol–water partition coefficient (Wildman–Crippen LogP) is 6.41. The Balaban J connectivity index is 1.45. The summed E-state index contributed by atoms with van der Waals surface area (Å²) in [4.78, 5) is 2.72. The molecule has 1 unspecified atom stereocenters. The maximum Gasteiger partial charge on any atom is 0.104 e. The molecule has 3 heterocycles. The zero-order valence-electron chi connectivity index (χ0n) is 20.5. The van der Waals surface area contributed by atoms with E-state index in [9.17, 15) is 0 Å². The highest BCUT2D eigenvalue weighted by Gasteiger charge is 2.46. The predicted molar refractivity (Wildman–Crippen MR) is 135 cm³/mol. The van der Waals surface area contributed by atoms with E-state index in [-0.39, 0.29) is 22.2 Å². The number of ether oxygens (including phenoxy) is 2. The lowest BCUT2D eigenvalue weighted by atomic mass is 9.78. The first-order valence-corrected chi connectivity index (χ1v) is 15.2. The Kier molecular flexibility index (Phi) is 8.19. The first-order valence-electron chi connectivity index (χ1n) is 11.6. The van der Waals surface area contributed by atoms with Crippen molar-refractivity contribution in [3.63, 3.8) is 0 Å². The minimum absolute atomic E-state index is 0.159. The molecule has 30 heavy (non-hydrogen) atoms. The van der Waals surface area contributed by atoms with Gasteiger partial charge >= 0.3 is 0 Å². The van der Waals surface area contributed by atoms with Gasteiger partial charge in [-0.05, 0) is 97.3 Å². The fraction of sp³-hybridized carbons (Fsp3) is 1.00. The molecule has 0 aliphatic carbocycles. The van der Waals surface area contributed by atoms with Gasteiger partial charge in [0, 0.05) is 45.4 Å². The number of likely N-dealkylation sites (tertiary alicyclic amines) is 1. The van der Waals surface area contributed by atoms with Crippen LogP contribution in [0.1, 0.15) is 87.5 Å². The third-order valence-corrected chi connectivity index (χ3v) is 11.5. The lowest BCUT2D eigenvalue weighted by molar-refractivity contribution is -0.103. The van der Waals surface area contributed by atoms with Crippen molar-refractivity contribution in [1.82, 2.24) is 9.21 Å². The van der Waals surface area contributed by atoms with Gasteiger partial charge in [0.15, 0.2) is 0 Å². The van der Waals surface area contributed by atoms with Crippen LogP contribution in [0.15, 0.2) is 0 Å². The molecule has 0 N–H and O–H groups in total. The highest BCUT2D eigenvalue weighted by atomic mass is 33.5. The van der Waals surface area contributed by atoms with Gasteiger partial charge in [0.25, 0.3) is 0 Å². The Labute approximate surface area is 197 Å². The van der Waals surface area contributed by atoms with Crippen LogP contribution in [0.3, 0.4) is 0 Å². The Morgan fingerprint density at radius 2 is 1.47 bits per heavy atom. The van der Waals surface area contributed by atoms with Crippen molar-refractivity contribution in [2.45, 2.75) is 122 Å². The summed E-state index contributed by atoms with van der Waals surface area (Å²) in [6, 6.07) is 0. The molecule has 0 amide bonds. The van der Waals surface area contributed by atoms with Crippen molar-refractivity contribution in [3.05, 3.63) is 0 Å². The molecule has 0 radical (unpaired) electrons. The molecular weight excluding hydrogens is 432 g/mol. The molecule has 3 aliphatic rings. The van der Waals surface area contributed by atoms with Crippen LogP contribution in [0.5, 0.6) is 0 Å². The van der Waals surface area contributed by atoms with Crippen LogP contribution in [-0.2, 0) is 9.47 Å². The van der Waals surface area contributed by atoms with Gasteiger partial charge in [-0.2, -0.15) is 0 Å². The number of hydrogen-bond donors (Lipinski definition) is 0. The monoisotopic (exact) mass is 476 g/mol. The van der Waals surface area contributed by atoms with E-state index in [0.29, 0.717) is 12.2 Å². The molecule has 0 saturated carbocycles. The summed E-state index contributed by atoms with van der Waals surface area (Å²) in [6.45, 7) is 21.9. The minimum atomic E-state index is 0.159. The van der Waals surface area contributed by atoms with Crippen molar-refractivity contribution in [2.24, 2.45) is 0 Å². The highest BCUT2D eigenvalue weighted by molar-refractivity contribution is 9.09. The number of hydrogen-bond acceptors (Lipinski definition) is 7. The number of piperidine rings is 2. The summed E-state index contributed by atoms with van der Waals surface area (Å²) in [5.74, 6) is 1.15. The fourth-order valence-corrected chi connectivity index (χ4v) is 10.3. The van der Waals surface area contributed by atoms with Gasteiger partial charge in [-0.25, -0.2) is 4.31 Å². The van der Waals surface area contributed by atoms with Gasteiger partial charge in [0.1, 0.15) is 6.10 Å². The molecule has 3 aliphatic heterocycles. The lowest BCUT2D eigenvalue weighted by Crippen LogP contribution is -2.62. The summed E-state index contributed by atoms with van der Waals surface area (Å²) in [5, 5.41) is 0. The first kappa shape index (κ1) is 25.5. The molecule has 176 valence electrons. The molecule has 3 rings (SSSR count).